The molecule has 1 fully saturated rings. The summed E-state index contributed by atoms with van der Waals surface area (Å²) in [5, 5.41) is 9.18. The Morgan fingerprint density at radius 3 is 3.00 bits per heavy atom. The number of aliphatic hydroxyl groups is 1. The number of aliphatic hydroxyl groups excluding tert-OH is 1. The third kappa shape index (κ3) is 2.48. The maximum atomic E-state index is 9.18. The highest BCUT2D eigenvalue weighted by atomic mass is 32.2. The molecule has 0 saturated carbocycles. The summed E-state index contributed by atoms with van der Waals surface area (Å²) in [6.07, 6.45) is 1.91. The van der Waals surface area contributed by atoms with E-state index >= 15 is 0 Å². The minimum atomic E-state index is -0.260. The maximum absolute atomic E-state index is 9.18. The van der Waals surface area contributed by atoms with Crippen molar-refractivity contribution >= 4 is 11.8 Å². The molecular weight excluding hydrogens is 146 g/mol. The summed E-state index contributed by atoms with van der Waals surface area (Å²) in [5.41, 5.74) is 5.29. The van der Waals surface area contributed by atoms with Crippen LogP contribution in [0, 0.1) is 5.92 Å². The van der Waals surface area contributed by atoms with E-state index in [1.807, 2.05) is 11.8 Å². The van der Waals surface area contributed by atoms with Crippen molar-refractivity contribution < 1.29 is 5.11 Å². The highest BCUT2D eigenvalue weighted by Gasteiger charge is 2.17. The van der Waals surface area contributed by atoms with Crippen molar-refractivity contribution in [1.29, 1.82) is 0 Å². The van der Waals surface area contributed by atoms with E-state index in [0.29, 0.717) is 6.54 Å². The molecule has 2 unspecified atom stereocenters. The number of rotatable bonds is 3. The zero-order chi connectivity index (χ0) is 7.40. The number of thioether (sulfide) groups is 1. The van der Waals surface area contributed by atoms with Crippen LogP contribution >= 0.6 is 11.8 Å². The van der Waals surface area contributed by atoms with Gasteiger partial charge in [-0.05, 0) is 30.3 Å². The van der Waals surface area contributed by atoms with E-state index in [1.54, 1.807) is 0 Å². The molecule has 1 saturated heterocycles. The highest BCUT2D eigenvalue weighted by Crippen LogP contribution is 2.26. The van der Waals surface area contributed by atoms with Gasteiger partial charge in [0.25, 0.3) is 0 Å². The molecule has 1 rings (SSSR count). The standard InChI is InChI=1S/C7H15NOS/c8-4-7(9)3-6-1-2-10-5-6/h6-7,9H,1-5,8H2. The van der Waals surface area contributed by atoms with Crippen LogP contribution in [0.15, 0.2) is 0 Å². The lowest BCUT2D eigenvalue weighted by Crippen LogP contribution is -2.22. The zero-order valence-electron chi connectivity index (χ0n) is 6.12. The second-order valence-corrected chi connectivity index (χ2v) is 4.00. The molecule has 10 heavy (non-hydrogen) atoms. The van der Waals surface area contributed by atoms with Crippen LogP contribution in [-0.4, -0.2) is 29.3 Å². The minimum absolute atomic E-state index is 0.260. The second kappa shape index (κ2) is 4.21. The van der Waals surface area contributed by atoms with Crippen molar-refractivity contribution in [2.75, 3.05) is 18.1 Å². The van der Waals surface area contributed by atoms with E-state index in [1.165, 1.54) is 17.9 Å². The first kappa shape index (κ1) is 8.37. The fourth-order valence-electron chi connectivity index (χ4n) is 1.25. The average Bonchev–Trinajstić information content (AvgIpc) is 2.40. The normalized spacial score (nSPS) is 28.8. The highest BCUT2D eigenvalue weighted by molar-refractivity contribution is 7.99. The van der Waals surface area contributed by atoms with Gasteiger partial charge in [-0.3, -0.25) is 0 Å². The van der Waals surface area contributed by atoms with Crippen LogP contribution in [0.4, 0.5) is 0 Å². The lowest BCUT2D eigenvalue weighted by molar-refractivity contribution is 0.154. The number of hydrogen-bond donors (Lipinski definition) is 2. The molecule has 2 atom stereocenters. The minimum Gasteiger partial charge on any atom is -0.392 e. The lowest BCUT2D eigenvalue weighted by Gasteiger charge is -2.11. The van der Waals surface area contributed by atoms with E-state index < -0.39 is 0 Å². The lowest BCUT2D eigenvalue weighted by atomic mass is 10.0. The van der Waals surface area contributed by atoms with Gasteiger partial charge in [0.2, 0.25) is 0 Å². The van der Waals surface area contributed by atoms with Gasteiger partial charge >= 0.3 is 0 Å². The van der Waals surface area contributed by atoms with Crippen molar-refractivity contribution in [3.63, 3.8) is 0 Å². The van der Waals surface area contributed by atoms with Gasteiger partial charge in [-0.15, -0.1) is 0 Å². The Morgan fingerprint density at radius 2 is 2.50 bits per heavy atom. The van der Waals surface area contributed by atoms with E-state index in [2.05, 4.69) is 0 Å². The SMILES string of the molecule is NCC(O)CC1CCSC1. The van der Waals surface area contributed by atoms with Crippen LogP contribution in [0.25, 0.3) is 0 Å². The Bertz CT molecular complexity index is 93.6. The first-order valence-electron chi connectivity index (χ1n) is 3.79. The molecule has 0 spiro atoms. The molecule has 0 bridgehead atoms. The predicted octanol–water partition coefficient (Wildman–Crippen LogP) is 0.449. The molecule has 0 aliphatic carbocycles. The van der Waals surface area contributed by atoms with E-state index in [9.17, 15) is 5.11 Å². The summed E-state index contributed by atoms with van der Waals surface area (Å²) in [5.74, 6) is 3.21. The van der Waals surface area contributed by atoms with Crippen molar-refractivity contribution in [1.82, 2.24) is 0 Å². The summed E-state index contributed by atoms with van der Waals surface area (Å²) in [7, 11) is 0. The van der Waals surface area contributed by atoms with Crippen LogP contribution in [0.5, 0.6) is 0 Å². The van der Waals surface area contributed by atoms with Gasteiger partial charge in [0.15, 0.2) is 0 Å². The smallest absolute Gasteiger partial charge is 0.0665 e. The molecular formula is C7H15NOS. The Kier molecular flexibility index (Phi) is 3.52. The number of nitrogens with two attached hydrogens (primary N) is 1. The van der Waals surface area contributed by atoms with Crippen LogP contribution in [0.1, 0.15) is 12.8 Å². The molecule has 0 amide bonds. The Labute approximate surface area is 66.2 Å². The second-order valence-electron chi connectivity index (χ2n) is 2.85. The molecule has 0 aromatic carbocycles. The molecule has 1 aliphatic rings. The maximum Gasteiger partial charge on any atom is 0.0665 e. The molecule has 3 heteroatoms. The van der Waals surface area contributed by atoms with Crippen molar-refractivity contribution in [3.8, 4) is 0 Å². The molecule has 1 aliphatic heterocycles. The predicted molar refractivity (Wildman–Crippen MR) is 45.1 cm³/mol. The molecule has 3 N–H and O–H groups in total. The summed E-state index contributed by atoms with van der Waals surface area (Å²) < 4.78 is 0. The number of hydrogen-bond acceptors (Lipinski definition) is 3. The molecule has 2 nitrogen and oxygen atoms in total. The first-order valence-corrected chi connectivity index (χ1v) is 4.94. The van der Waals surface area contributed by atoms with Gasteiger partial charge in [-0.2, -0.15) is 11.8 Å². The topological polar surface area (TPSA) is 46.2 Å². The average molecular weight is 161 g/mol. The van der Waals surface area contributed by atoms with Gasteiger partial charge < -0.3 is 10.8 Å². The summed E-state index contributed by atoms with van der Waals surface area (Å²) >= 11 is 1.98. The van der Waals surface area contributed by atoms with Crippen molar-refractivity contribution in [2.24, 2.45) is 11.7 Å². The summed E-state index contributed by atoms with van der Waals surface area (Å²) in [4.78, 5) is 0. The third-order valence-electron chi connectivity index (χ3n) is 1.90. The first-order chi connectivity index (χ1) is 4.83. The largest absolute Gasteiger partial charge is 0.392 e. The van der Waals surface area contributed by atoms with Crippen LogP contribution in [0.2, 0.25) is 0 Å². The zero-order valence-corrected chi connectivity index (χ0v) is 6.94. The van der Waals surface area contributed by atoms with E-state index in [-0.39, 0.29) is 6.10 Å². The molecule has 0 radical (unpaired) electrons. The fourth-order valence-corrected chi connectivity index (χ4v) is 2.55. The van der Waals surface area contributed by atoms with Crippen molar-refractivity contribution in [3.05, 3.63) is 0 Å². The molecule has 0 aromatic heterocycles. The Balaban J connectivity index is 2.11. The van der Waals surface area contributed by atoms with Gasteiger partial charge in [0, 0.05) is 6.54 Å². The summed E-state index contributed by atoms with van der Waals surface area (Å²) in [6, 6.07) is 0. The molecule has 60 valence electrons. The Morgan fingerprint density at radius 1 is 1.70 bits per heavy atom. The van der Waals surface area contributed by atoms with Gasteiger partial charge in [0.05, 0.1) is 6.10 Å². The Hall–Kier alpha value is 0.270. The summed E-state index contributed by atoms with van der Waals surface area (Å²) in [6.45, 7) is 0.418. The van der Waals surface area contributed by atoms with Crippen molar-refractivity contribution in [2.45, 2.75) is 18.9 Å². The van der Waals surface area contributed by atoms with Gasteiger partial charge in [-0.1, -0.05) is 0 Å². The van der Waals surface area contributed by atoms with Crippen LogP contribution in [-0.2, 0) is 0 Å². The van der Waals surface area contributed by atoms with E-state index in [0.717, 1.165) is 12.3 Å². The van der Waals surface area contributed by atoms with Crippen LogP contribution in [0.3, 0.4) is 0 Å². The van der Waals surface area contributed by atoms with Gasteiger partial charge in [-0.25, -0.2) is 0 Å². The van der Waals surface area contributed by atoms with E-state index in [4.69, 9.17) is 5.73 Å². The van der Waals surface area contributed by atoms with Crippen LogP contribution < -0.4 is 5.73 Å². The van der Waals surface area contributed by atoms with Gasteiger partial charge in [0.1, 0.15) is 0 Å². The fraction of sp³-hybridized carbons (Fsp3) is 1.00. The quantitative estimate of drug-likeness (QED) is 0.631. The molecule has 1 heterocycles. The monoisotopic (exact) mass is 161 g/mol. The molecule has 0 aromatic rings. The third-order valence-corrected chi connectivity index (χ3v) is 3.13.